The van der Waals surface area contributed by atoms with Gasteiger partial charge >= 0.3 is 12.0 Å². The number of carbonyl (C=O) groups excluding carboxylic acids is 4. The van der Waals surface area contributed by atoms with E-state index in [2.05, 4.69) is 25.3 Å². The molecule has 1 aromatic carbocycles. The van der Waals surface area contributed by atoms with Gasteiger partial charge in [-0.3, -0.25) is 19.8 Å². The fraction of sp³-hybridized carbons (Fsp3) is 0.176. The number of ether oxygens (including phenoxy) is 1. The van der Waals surface area contributed by atoms with Crippen LogP contribution in [-0.2, 0) is 16.1 Å². The van der Waals surface area contributed by atoms with Crippen LogP contribution in [0.2, 0.25) is 0 Å². The van der Waals surface area contributed by atoms with Gasteiger partial charge in [0.1, 0.15) is 12.4 Å². The van der Waals surface area contributed by atoms with Crippen LogP contribution in [0.15, 0.2) is 36.7 Å². The van der Waals surface area contributed by atoms with Gasteiger partial charge in [-0.1, -0.05) is 12.1 Å². The molecule has 0 bridgehead atoms. The largest absolute Gasteiger partial charge is 0.468 e. The lowest BCUT2D eigenvalue weighted by atomic mass is 10.2. The Hall–Kier alpha value is -4.09. The first kappa shape index (κ1) is 21.2. The zero-order valence-corrected chi connectivity index (χ0v) is 15.2. The summed E-state index contributed by atoms with van der Waals surface area (Å²) < 4.78 is 17.3. The number of hydrogen-bond donors (Lipinski definition) is 4. The van der Waals surface area contributed by atoms with Crippen molar-refractivity contribution in [1.82, 2.24) is 31.5 Å². The smallest absolute Gasteiger partial charge is 0.333 e. The first-order valence-corrected chi connectivity index (χ1v) is 8.15. The van der Waals surface area contributed by atoms with Gasteiger partial charge in [0.05, 0.1) is 7.11 Å². The van der Waals surface area contributed by atoms with Crippen molar-refractivity contribution in [1.29, 1.82) is 0 Å². The molecule has 2 aromatic rings. The maximum Gasteiger partial charge on any atom is 0.333 e. The van der Waals surface area contributed by atoms with Crippen molar-refractivity contribution in [2.24, 2.45) is 0 Å². The average molecular weight is 404 g/mol. The third-order valence-corrected chi connectivity index (χ3v) is 3.41. The van der Waals surface area contributed by atoms with Crippen LogP contribution < -0.4 is 21.5 Å². The van der Waals surface area contributed by atoms with Crippen molar-refractivity contribution >= 4 is 23.8 Å². The fourth-order valence-electron chi connectivity index (χ4n) is 1.98. The molecule has 4 N–H and O–H groups in total. The lowest BCUT2D eigenvalue weighted by Crippen LogP contribution is -2.48. The molecule has 4 amide bonds. The normalized spacial score (nSPS) is 9.86. The topological polar surface area (TPSA) is 151 Å². The van der Waals surface area contributed by atoms with E-state index in [9.17, 15) is 23.6 Å². The molecule has 0 saturated carbocycles. The van der Waals surface area contributed by atoms with Crippen LogP contribution in [0, 0.1) is 5.82 Å². The van der Waals surface area contributed by atoms with Crippen LogP contribution in [-0.4, -0.2) is 47.4 Å². The second-order valence-corrected chi connectivity index (χ2v) is 5.40. The van der Waals surface area contributed by atoms with Gasteiger partial charge in [-0.05, 0) is 17.7 Å². The van der Waals surface area contributed by atoms with Crippen molar-refractivity contribution < 1.29 is 28.3 Å². The summed E-state index contributed by atoms with van der Waals surface area (Å²) in [5, 5.41) is 4.68. The van der Waals surface area contributed by atoms with E-state index in [1.165, 1.54) is 36.7 Å². The monoisotopic (exact) mass is 404 g/mol. The van der Waals surface area contributed by atoms with Gasteiger partial charge in [-0.25, -0.2) is 24.6 Å². The molecule has 1 heterocycles. The van der Waals surface area contributed by atoms with E-state index < -0.39 is 36.2 Å². The van der Waals surface area contributed by atoms with Crippen molar-refractivity contribution in [3.8, 4) is 0 Å². The minimum Gasteiger partial charge on any atom is -0.468 e. The highest BCUT2D eigenvalue weighted by molar-refractivity contribution is 6.04. The number of hydrazine groups is 1. The Labute approximate surface area is 164 Å². The molecule has 0 aliphatic heterocycles. The van der Waals surface area contributed by atoms with Gasteiger partial charge in [0, 0.05) is 18.9 Å². The highest BCUT2D eigenvalue weighted by Gasteiger charge is 2.20. The van der Waals surface area contributed by atoms with E-state index in [1.807, 2.05) is 10.9 Å². The number of carbonyl (C=O) groups is 4. The van der Waals surface area contributed by atoms with E-state index in [0.717, 1.165) is 7.11 Å². The number of rotatable bonds is 6. The summed E-state index contributed by atoms with van der Waals surface area (Å²) in [6.45, 7) is -0.328. The Kier molecular flexibility index (Phi) is 7.53. The van der Waals surface area contributed by atoms with Crippen LogP contribution in [0.25, 0.3) is 0 Å². The number of aromatic nitrogens is 2. The van der Waals surface area contributed by atoms with Crippen molar-refractivity contribution in [2.45, 2.75) is 6.54 Å². The molecule has 0 spiro atoms. The number of amides is 4. The molecule has 152 valence electrons. The first-order chi connectivity index (χ1) is 13.9. The van der Waals surface area contributed by atoms with Crippen molar-refractivity contribution in [2.75, 3.05) is 13.7 Å². The zero-order valence-electron chi connectivity index (χ0n) is 15.2. The highest BCUT2D eigenvalue weighted by atomic mass is 19.1. The van der Waals surface area contributed by atoms with Gasteiger partial charge in [0.15, 0.2) is 11.4 Å². The summed E-state index contributed by atoms with van der Waals surface area (Å²) in [7, 11) is 1.15. The molecule has 29 heavy (non-hydrogen) atoms. The average Bonchev–Trinajstić information content (AvgIpc) is 2.75. The minimum absolute atomic E-state index is 0.0743. The summed E-state index contributed by atoms with van der Waals surface area (Å²) >= 11 is 0. The summed E-state index contributed by atoms with van der Waals surface area (Å²) in [6.07, 6.45) is 2.42. The predicted octanol–water partition coefficient (Wildman–Crippen LogP) is -0.337. The Morgan fingerprint density at radius 2 is 1.55 bits per heavy atom. The molecule has 0 saturated heterocycles. The van der Waals surface area contributed by atoms with Gasteiger partial charge in [-0.15, -0.1) is 0 Å². The minimum atomic E-state index is -0.904. The number of hydrogen-bond acceptors (Lipinski definition) is 7. The van der Waals surface area contributed by atoms with Crippen LogP contribution in [0.1, 0.15) is 26.5 Å². The summed E-state index contributed by atoms with van der Waals surface area (Å²) in [5.74, 6) is -2.68. The number of benzene rings is 1. The number of nitrogens with zero attached hydrogens (tertiary/aromatic N) is 2. The van der Waals surface area contributed by atoms with Crippen molar-refractivity contribution in [3.05, 3.63) is 59.4 Å². The summed E-state index contributed by atoms with van der Waals surface area (Å²) in [4.78, 5) is 54.6. The highest BCUT2D eigenvalue weighted by Crippen LogP contribution is 2.05. The van der Waals surface area contributed by atoms with Crippen LogP contribution >= 0.6 is 0 Å². The molecule has 11 nitrogen and oxygen atoms in total. The zero-order chi connectivity index (χ0) is 21.2. The summed E-state index contributed by atoms with van der Waals surface area (Å²) in [5.41, 5.74) is 4.06. The van der Waals surface area contributed by atoms with Crippen LogP contribution in [0.5, 0.6) is 0 Å². The molecule has 2 rings (SSSR count). The Balaban J connectivity index is 1.95. The quantitative estimate of drug-likeness (QED) is 0.380. The molecular weight excluding hydrogens is 387 g/mol. The molecule has 0 atom stereocenters. The Bertz CT molecular complexity index is 905. The van der Waals surface area contributed by atoms with Crippen molar-refractivity contribution in [3.63, 3.8) is 0 Å². The molecule has 0 radical (unpaired) electrons. The first-order valence-electron chi connectivity index (χ1n) is 8.15. The maximum absolute atomic E-state index is 12.9. The molecular formula is C17H17FN6O5. The van der Waals surface area contributed by atoms with E-state index in [-0.39, 0.29) is 17.9 Å². The standard InChI is InChI=1S/C17H17FN6O5/c1-29-12(25)9-22-17(28)24-23-16(27)14-13(19-6-7-20-14)15(26)21-8-10-2-4-11(18)5-3-10/h2-7H,8-9H2,1H3,(H,21,26)(H,23,27)(H2,22,24,28). The van der Waals surface area contributed by atoms with Gasteiger partial charge in [0.2, 0.25) is 0 Å². The molecule has 0 unspecified atom stereocenters. The number of nitrogens with one attached hydrogen (secondary N) is 4. The number of methoxy groups -OCH3 is 1. The van der Waals surface area contributed by atoms with Gasteiger partial charge < -0.3 is 15.4 Å². The van der Waals surface area contributed by atoms with Crippen LogP contribution in [0.3, 0.4) is 0 Å². The number of halogens is 1. The molecule has 12 heteroatoms. The Morgan fingerprint density at radius 1 is 0.931 bits per heavy atom. The molecule has 1 aromatic heterocycles. The lowest BCUT2D eigenvalue weighted by Gasteiger charge is -2.10. The van der Waals surface area contributed by atoms with E-state index >= 15 is 0 Å². The third-order valence-electron chi connectivity index (χ3n) is 3.41. The Morgan fingerprint density at radius 3 is 2.17 bits per heavy atom. The number of urea groups is 1. The number of esters is 1. The summed E-state index contributed by atoms with van der Waals surface area (Å²) in [6, 6.07) is 4.61. The van der Waals surface area contributed by atoms with E-state index in [0.29, 0.717) is 5.56 Å². The maximum atomic E-state index is 12.9. The fourth-order valence-corrected chi connectivity index (χ4v) is 1.98. The molecule has 0 aliphatic carbocycles. The second-order valence-electron chi connectivity index (χ2n) is 5.40. The van der Waals surface area contributed by atoms with Gasteiger partial charge in [0.25, 0.3) is 11.8 Å². The molecule has 0 aliphatic rings. The second kappa shape index (κ2) is 10.3. The van der Waals surface area contributed by atoms with E-state index in [1.54, 1.807) is 0 Å². The van der Waals surface area contributed by atoms with E-state index in [4.69, 9.17) is 0 Å². The third kappa shape index (κ3) is 6.53. The predicted molar refractivity (Wildman–Crippen MR) is 95.6 cm³/mol. The van der Waals surface area contributed by atoms with Gasteiger partial charge in [-0.2, -0.15) is 0 Å². The molecule has 0 fully saturated rings. The lowest BCUT2D eigenvalue weighted by molar-refractivity contribution is -0.139. The SMILES string of the molecule is COC(=O)CNC(=O)NNC(=O)c1nccnc1C(=O)NCc1ccc(F)cc1. The van der Waals surface area contributed by atoms with Crippen LogP contribution in [0.4, 0.5) is 9.18 Å².